The summed E-state index contributed by atoms with van der Waals surface area (Å²) in [7, 11) is 4.21. The molecule has 0 radical (unpaired) electrons. The maximum absolute atomic E-state index is 4.37. The molecule has 0 amide bonds. The first-order valence-corrected chi connectivity index (χ1v) is 6.65. The summed E-state index contributed by atoms with van der Waals surface area (Å²) in [6.45, 7) is 5.48. The molecule has 1 heterocycles. The lowest BCUT2D eigenvalue weighted by atomic mass is 9.93. The predicted molar refractivity (Wildman–Crippen MR) is 70.1 cm³/mol. The molecule has 17 heavy (non-hydrogen) atoms. The van der Waals surface area contributed by atoms with Crippen molar-refractivity contribution in [3.8, 4) is 0 Å². The van der Waals surface area contributed by atoms with E-state index in [0.29, 0.717) is 6.04 Å². The number of fused-ring (bicyclic) bond motifs is 1. The zero-order valence-corrected chi connectivity index (χ0v) is 11.2. The zero-order valence-electron chi connectivity index (χ0n) is 11.2. The monoisotopic (exact) mass is 236 g/mol. The van der Waals surface area contributed by atoms with Crippen molar-refractivity contribution < 1.29 is 0 Å². The van der Waals surface area contributed by atoms with Crippen LogP contribution in [0.2, 0.25) is 0 Å². The fourth-order valence-electron chi connectivity index (χ4n) is 2.51. The summed E-state index contributed by atoms with van der Waals surface area (Å²) in [5.41, 5.74) is 2.83. The molecule has 1 aromatic rings. The van der Waals surface area contributed by atoms with E-state index in [0.717, 1.165) is 19.6 Å². The van der Waals surface area contributed by atoms with Crippen molar-refractivity contribution in [1.82, 2.24) is 20.0 Å². The van der Waals surface area contributed by atoms with Crippen LogP contribution in [0, 0.1) is 0 Å². The first kappa shape index (κ1) is 12.6. The highest BCUT2D eigenvalue weighted by molar-refractivity contribution is 5.24. The summed E-state index contributed by atoms with van der Waals surface area (Å²) in [5.74, 6) is 0. The van der Waals surface area contributed by atoms with Gasteiger partial charge in [0.1, 0.15) is 0 Å². The second-order valence-electron chi connectivity index (χ2n) is 4.97. The quantitative estimate of drug-likeness (QED) is 0.837. The molecular formula is C13H24N4. The number of rotatable bonds is 5. The normalized spacial score (nSPS) is 19.6. The molecule has 0 bridgehead atoms. The Kier molecular flexibility index (Phi) is 4.18. The maximum Gasteiger partial charge on any atom is 0.0540 e. The van der Waals surface area contributed by atoms with Gasteiger partial charge in [-0.15, -0.1) is 0 Å². The van der Waals surface area contributed by atoms with Crippen molar-refractivity contribution in [2.45, 2.75) is 32.2 Å². The summed E-state index contributed by atoms with van der Waals surface area (Å²) in [6, 6.07) is 0.512. The topological polar surface area (TPSA) is 33.1 Å². The minimum absolute atomic E-state index is 0.512. The van der Waals surface area contributed by atoms with Crippen LogP contribution >= 0.6 is 0 Å². The van der Waals surface area contributed by atoms with Crippen molar-refractivity contribution in [2.75, 3.05) is 26.7 Å². The molecule has 2 rings (SSSR count). The van der Waals surface area contributed by atoms with Crippen LogP contribution in [0.25, 0.3) is 0 Å². The van der Waals surface area contributed by atoms with Crippen LogP contribution < -0.4 is 5.32 Å². The summed E-state index contributed by atoms with van der Waals surface area (Å²) in [6.07, 6.45) is 5.73. The highest BCUT2D eigenvalue weighted by Crippen LogP contribution is 2.28. The minimum atomic E-state index is 0.512. The van der Waals surface area contributed by atoms with Gasteiger partial charge in [0, 0.05) is 37.4 Å². The highest BCUT2D eigenvalue weighted by atomic mass is 15.3. The highest BCUT2D eigenvalue weighted by Gasteiger charge is 2.22. The van der Waals surface area contributed by atoms with Crippen molar-refractivity contribution >= 4 is 0 Å². The number of nitrogens with one attached hydrogen (secondary N) is 1. The van der Waals surface area contributed by atoms with Gasteiger partial charge in [-0.05, 0) is 32.9 Å². The molecule has 96 valence electrons. The molecule has 1 unspecified atom stereocenters. The van der Waals surface area contributed by atoms with Gasteiger partial charge in [-0.3, -0.25) is 4.68 Å². The van der Waals surface area contributed by atoms with Gasteiger partial charge in [-0.2, -0.15) is 5.10 Å². The van der Waals surface area contributed by atoms with Crippen LogP contribution in [0.4, 0.5) is 0 Å². The van der Waals surface area contributed by atoms with Crippen LogP contribution in [-0.2, 0) is 13.5 Å². The summed E-state index contributed by atoms with van der Waals surface area (Å²) in [5, 5.41) is 8.04. The molecule has 1 N–H and O–H groups in total. The van der Waals surface area contributed by atoms with Gasteiger partial charge in [0.15, 0.2) is 0 Å². The molecule has 0 saturated heterocycles. The van der Waals surface area contributed by atoms with E-state index in [-0.39, 0.29) is 0 Å². The van der Waals surface area contributed by atoms with Crippen molar-refractivity contribution in [3.05, 3.63) is 17.5 Å². The van der Waals surface area contributed by atoms with E-state index < -0.39 is 0 Å². The van der Waals surface area contributed by atoms with Gasteiger partial charge < -0.3 is 10.2 Å². The van der Waals surface area contributed by atoms with Crippen LogP contribution in [0.15, 0.2) is 6.20 Å². The van der Waals surface area contributed by atoms with E-state index in [1.54, 1.807) is 0 Å². The summed E-state index contributed by atoms with van der Waals surface area (Å²) in [4.78, 5) is 2.33. The summed E-state index contributed by atoms with van der Waals surface area (Å²) < 4.78 is 2.03. The zero-order chi connectivity index (χ0) is 12.3. The van der Waals surface area contributed by atoms with E-state index in [1.807, 2.05) is 17.9 Å². The molecule has 0 fully saturated rings. The number of likely N-dealkylation sites (N-methyl/N-ethyl adjacent to an activating group) is 1. The van der Waals surface area contributed by atoms with Crippen molar-refractivity contribution in [2.24, 2.45) is 7.05 Å². The molecule has 0 aromatic carbocycles. The lowest BCUT2D eigenvalue weighted by Crippen LogP contribution is -2.33. The second kappa shape index (κ2) is 5.65. The Morgan fingerprint density at radius 3 is 3.18 bits per heavy atom. The van der Waals surface area contributed by atoms with E-state index in [4.69, 9.17) is 0 Å². The lowest BCUT2D eigenvalue weighted by molar-refractivity contribution is 0.333. The average molecular weight is 236 g/mol. The first-order valence-electron chi connectivity index (χ1n) is 6.65. The molecule has 4 nitrogen and oxygen atoms in total. The van der Waals surface area contributed by atoms with Gasteiger partial charge >= 0.3 is 0 Å². The van der Waals surface area contributed by atoms with Crippen LogP contribution in [0.5, 0.6) is 0 Å². The number of nitrogens with zero attached hydrogens (tertiary/aromatic N) is 3. The molecule has 0 aliphatic heterocycles. The Balaban J connectivity index is 1.90. The number of aryl methyl sites for hydroxylation is 1. The number of hydrogen-bond acceptors (Lipinski definition) is 3. The predicted octanol–water partition coefficient (Wildman–Crippen LogP) is 1.34. The molecule has 1 atom stereocenters. The third-order valence-electron chi connectivity index (χ3n) is 3.80. The van der Waals surface area contributed by atoms with Crippen LogP contribution in [-0.4, -0.2) is 41.4 Å². The molecule has 1 aliphatic rings. The van der Waals surface area contributed by atoms with Crippen molar-refractivity contribution in [3.63, 3.8) is 0 Å². The maximum atomic E-state index is 4.37. The standard InChI is InChI=1S/C13H24N4/c1-4-16(2)9-8-14-12-6-5-7-13-11(12)10-15-17(13)3/h10,12,14H,4-9H2,1-3H3. The molecule has 1 aliphatic carbocycles. The smallest absolute Gasteiger partial charge is 0.0540 e. The van der Waals surface area contributed by atoms with Gasteiger partial charge in [0.2, 0.25) is 0 Å². The van der Waals surface area contributed by atoms with Gasteiger partial charge in [-0.25, -0.2) is 0 Å². The van der Waals surface area contributed by atoms with Crippen LogP contribution in [0.1, 0.15) is 37.1 Å². The van der Waals surface area contributed by atoms with E-state index in [9.17, 15) is 0 Å². The molecule has 0 spiro atoms. The molecule has 4 heteroatoms. The second-order valence-corrected chi connectivity index (χ2v) is 4.97. The number of hydrogen-bond donors (Lipinski definition) is 1. The fourth-order valence-corrected chi connectivity index (χ4v) is 2.51. The van der Waals surface area contributed by atoms with E-state index in [1.165, 1.54) is 30.5 Å². The Labute approximate surface area is 104 Å². The van der Waals surface area contributed by atoms with Gasteiger partial charge in [-0.1, -0.05) is 6.92 Å². The Bertz CT molecular complexity index is 358. The largest absolute Gasteiger partial charge is 0.309 e. The van der Waals surface area contributed by atoms with Crippen molar-refractivity contribution in [1.29, 1.82) is 0 Å². The molecular weight excluding hydrogens is 212 g/mol. The third-order valence-corrected chi connectivity index (χ3v) is 3.80. The molecule has 1 aromatic heterocycles. The lowest BCUT2D eigenvalue weighted by Gasteiger charge is -2.25. The Hall–Kier alpha value is -0.870. The Morgan fingerprint density at radius 1 is 1.59 bits per heavy atom. The SMILES string of the molecule is CCN(C)CCNC1CCCc2c1cnn2C. The number of aromatic nitrogens is 2. The summed E-state index contributed by atoms with van der Waals surface area (Å²) >= 11 is 0. The minimum Gasteiger partial charge on any atom is -0.309 e. The fraction of sp³-hybridized carbons (Fsp3) is 0.769. The van der Waals surface area contributed by atoms with E-state index >= 15 is 0 Å². The van der Waals surface area contributed by atoms with E-state index in [2.05, 4.69) is 29.3 Å². The van der Waals surface area contributed by atoms with Gasteiger partial charge in [0.25, 0.3) is 0 Å². The Morgan fingerprint density at radius 2 is 2.41 bits per heavy atom. The van der Waals surface area contributed by atoms with Crippen LogP contribution in [0.3, 0.4) is 0 Å². The third kappa shape index (κ3) is 2.87. The van der Waals surface area contributed by atoms with Gasteiger partial charge in [0.05, 0.1) is 6.20 Å². The first-order chi connectivity index (χ1) is 8.22. The molecule has 0 saturated carbocycles. The average Bonchev–Trinajstić information content (AvgIpc) is 2.72.